The van der Waals surface area contributed by atoms with E-state index in [0.29, 0.717) is 7.55 Å². The van der Waals surface area contributed by atoms with E-state index in [9.17, 15) is 0 Å². The predicted octanol–water partition coefficient (Wildman–Crippen LogP) is -3.15. The molecular formula is H7B2N3. The summed E-state index contributed by atoms with van der Waals surface area (Å²) in [4.78, 5) is 0. The van der Waals surface area contributed by atoms with Gasteiger partial charge in [-0.05, 0) is 0 Å². The molecule has 28 valence electrons. The lowest BCUT2D eigenvalue weighted by Gasteiger charge is -1.88. The third-order valence-electron chi connectivity index (χ3n) is 0.279. The highest BCUT2D eigenvalue weighted by molar-refractivity contribution is 6.28. The van der Waals surface area contributed by atoms with Crippen LogP contribution in [0.1, 0.15) is 0 Å². The summed E-state index contributed by atoms with van der Waals surface area (Å²) in [6, 6.07) is 0. The van der Waals surface area contributed by atoms with Gasteiger partial charge in [-0.25, -0.2) is 0 Å². The normalized spacial score (nSPS) is 7.40. The summed E-state index contributed by atoms with van der Waals surface area (Å²) in [5.74, 6) is 0. The van der Waals surface area contributed by atoms with Gasteiger partial charge in [0.15, 0.2) is 7.98 Å². The van der Waals surface area contributed by atoms with Crippen LogP contribution in [0.4, 0.5) is 0 Å². The van der Waals surface area contributed by atoms with Crippen molar-refractivity contribution in [3.63, 3.8) is 0 Å². The second-order valence-electron chi connectivity index (χ2n) is 0.631. The molecule has 0 fully saturated rings. The fourth-order valence-corrected chi connectivity index (χ4v) is 0.102. The third-order valence-corrected chi connectivity index (χ3v) is 0.279. The molecule has 0 saturated carbocycles. The van der Waals surface area contributed by atoms with Gasteiger partial charge in [0.05, 0.1) is 0 Å². The fraction of sp³-hybridized carbons (Fsp3) is 0. The zero-order chi connectivity index (χ0) is 4.12. The quantitative estimate of drug-likeness (QED) is 0.238. The summed E-state index contributed by atoms with van der Waals surface area (Å²) in [5, 5.41) is 5.28. The second kappa shape index (κ2) is 4.01. The Morgan fingerprint density at radius 2 is 2.40 bits per heavy atom. The van der Waals surface area contributed by atoms with Gasteiger partial charge in [0.25, 0.3) is 7.55 Å². The molecule has 4 N–H and O–H groups in total. The Labute approximate surface area is 33.0 Å². The Morgan fingerprint density at radius 1 is 1.80 bits per heavy atom. The van der Waals surface area contributed by atoms with Crippen molar-refractivity contribution >= 4 is 15.5 Å². The van der Waals surface area contributed by atoms with E-state index in [1.165, 1.54) is 0 Å². The Hall–Kier alpha value is 0.00987. The molecule has 0 unspecified atom stereocenters. The lowest BCUT2D eigenvalue weighted by molar-refractivity contribution is 0.946. The highest BCUT2D eigenvalue weighted by Gasteiger charge is 1.65. The first kappa shape index (κ1) is 5.01. The maximum absolute atomic E-state index is 4.97. The lowest BCUT2D eigenvalue weighted by Crippen LogP contribution is -2.37. The summed E-state index contributed by atoms with van der Waals surface area (Å²) >= 11 is 0. The first-order valence-corrected chi connectivity index (χ1v) is 1.51. The summed E-state index contributed by atoms with van der Waals surface area (Å²) in [7, 11) is 2.25. The summed E-state index contributed by atoms with van der Waals surface area (Å²) in [5.41, 5.74) is 4.97. The van der Waals surface area contributed by atoms with Crippen LogP contribution < -0.4 is 16.3 Å². The molecule has 0 atom stereocenters. The van der Waals surface area contributed by atoms with Crippen molar-refractivity contribution in [1.29, 1.82) is 0 Å². The number of hydrogen-bond donors (Lipinski definition) is 3. The molecule has 0 aromatic rings. The minimum atomic E-state index is 0.483. The molecule has 0 spiro atoms. The molecule has 0 amide bonds. The van der Waals surface area contributed by atoms with E-state index in [1.807, 2.05) is 0 Å². The smallest absolute Gasteiger partial charge is 0.296 e. The zero-order valence-electron chi connectivity index (χ0n) is 3.28. The molecule has 0 heterocycles. The van der Waals surface area contributed by atoms with Gasteiger partial charge in [0.1, 0.15) is 0 Å². The van der Waals surface area contributed by atoms with E-state index in [4.69, 9.17) is 5.64 Å². The van der Waals surface area contributed by atoms with E-state index in [1.54, 1.807) is 7.98 Å². The largest absolute Gasteiger partial charge is 0.358 e. The summed E-state index contributed by atoms with van der Waals surface area (Å²) < 4.78 is 0. The van der Waals surface area contributed by atoms with Crippen molar-refractivity contribution in [2.45, 2.75) is 0 Å². The SMILES string of the molecule is BNNBN. The molecule has 0 aliphatic heterocycles. The predicted molar refractivity (Wildman–Crippen MR) is 26.2 cm³/mol. The van der Waals surface area contributed by atoms with Gasteiger partial charge in [-0.3, -0.25) is 5.34 Å². The van der Waals surface area contributed by atoms with Crippen LogP contribution in [0.25, 0.3) is 0 Å². The number of hydrogen-bond acceptors (Lipinski definition) is 3. The second-order valence-corrected chi connectivity index (χ2v) is 0.631. The maximum atomic E-state index is 4.97. The van der Waals surface area contributed by atoms with Crippen LogP contribution in [0, 0.1) is 0 Å². The Bertz CT molecular complexity index is 12.4. The fourth-order valence-electron chi connectivity index (χ4n) is 0.102. The number of nitrogens with one attached hydrogen (secondary N) is 2. The van der Waals surface area contributed by atoms with Gasteiger partial charge in [-0.15, -0.1) is 0 Å². The van der Waals surface area contributed by atoms with Gasteiger partial charge in [0.2, 0.25) is 0 Å². The average molecular weight is 70.7 g/mol. The monoisotopic (exact) mass is 71.1 g/mol. The van der Waals surface area contributed by atoms with Crippen LogP contribution in [0.15, 0.2) is 0 Å². The van der Waals surface area contributed by atoms with Crippen LogP contribution in [0.3, 0.4) is 0 Å². The molecule has 0 aromatic heterocycles. The minimum Gasteiger partial charge on any atom is -0.358 e. The topological polar surface area (TPSA) is 50.1 Å². The minimum absolute atomic E-state index is 0.483. The van der Waals surface area contributed by atoms with Crippen LogP contribution in [0.2, 0.25) is 0 Å². The third kappa shape index (κ3) is 4.01. The van der Waals surface area contributed by atoms with Crippen molar-refractivity contribution in [2.75, 3.05) is 0 Å². The molecule has 0 bridgehead atoms. The van der Waals surface area contributed by atoms with Gasteiger partial charge in [-0.1, -0.05) is 0 Å². The van der Waals surface area contributed by atoms with E-state index in [2.05, 4.69) is 10.7 Å². The van der Waals surface area contributed by atoms with Crippen LogP contribution in [-0.2, 0) is 0 Å². The van der Waals surface area contributed by atoms with Gasteiger partial charge in [0, 0.05) is 0 Å². The van der Waals surface area contributed by atoms with Crippen molar-refractivity contribution in [3.8, 4) is 0 Å². The first-order chi connectivity index (χ1) is 2.41. The molecule has 3 nitrogen and oxygen atoms in total. The zero-order valence-corrected chi connectivity index (χ0v) is 3.28. The van der Waals surface area contributed by atoms with Crippen molar-refractivity contribution < 1.29 is 0 Å². The van der Waals surface area contributed by atoms with Crippen molar-refractivity contribution in [2.24, 2.45) is 5.64 Å². The van der Waals surface area contributed by atoms with Crippen LogP contribution in [-0.4, -0.2) is 15.5 Å². The molecular weight excluding hydrogens is 63.6 g/mol. The standard InChI is InChI=1S/B2H7N3/c1-4-5-2-3/h2,4-5H,1,3H2. The molecule has 0 radical (unpaired) electrons. The maximum Gasteiger partial charge on any atom is 0.296 e. The Morgan fingerprint density at radius 3 is 2.40 bits per heavy atom. The lowest BCUT2D eigenvalue weighted by atomic mass is 10.2. The van der Waals surface area contributed by atoms with E-state index in [0.717, 1.165) is 0 Å². The molecule has 5 heteroatoms. The highest BCUT2D eigenvalue weighted by Crippen LogP contribution is 1.12. The summed E-state index contributed by atoms with van der Waals surface area (Å²) in [6.07, 6.45) is 0. The van der Waals surface area contributed by atoms with E-state index >= 15 is 0 Å². The molecule has 0 saturated heterocycles. The molecule has 0 aliphatic rings. The number of nitrogens with two attached hydrogens (primary N) is 1. The van der Waals surface area contributed by atoms with E-state index < -0.39 is 0 Å². The van der Waals surface area contributed by atoms with Gasteiger partial charge in [-0.2, -0.15) is 0 Å². The van der Waals surface area contributed by atoms with Gasteiger partial charge < -0.3 is 11.0 Å². The molecule has 0 rings (SSSR count). The molecule has 5 heavy (non-hydrogen) atoms. The number of rotatable bonds is 2. The van der Waals surface area contributed by atoms with Crippen molar-refractivity contribution in [1.82, 2.24) is 10.7 Å². The first-order valence-electron chi connectivity index (χ1n) is 1.51. The highest BCUT2D eigenvalue weighted by atomic mass is 15.3. The number of hydrazine groups is 1. The average Bonchev–Trinajstić information content (AvgIpc) is 1.41. The summed E-state index contributed by atoms with van der Waals surface area (Å²) in [6.45, 7) is 0. The molecule has 0 aliphatic carbocycles. The van der Waals surface area contributed by atoms with Gasteiger partial charge >= 0.3 is 0 Å². The van der Waals surface area contributed by atoms with E-state index in [-0.39, 0.29) is 0 Å². The Kier molecular flexibility index (Phi) is 4.02. The molecule has 0 aromatic carbocycles. The Balaban J connectivity index is 2.19. The van der Waals surface area contributed by atoms with Crippen molar-refractivity contribution in [3.05, 3.63) is 0 Å². The van der Waals surface area contributed by atoms with Crippen LogP contribution in [0.5, 0.6) is 0 Å². The van der Waals surface area contributed by atoms with Crippen LogP contribution >= 0.6 is 0 Å².